The van der Waals surface area contributed by atoms with E-state index in [1.807, 2.05) is 12.2 Å². The number of carbonyl (C=O) groups excluding carboxylic acids is 3. The zero-order chi connectivity index (χ0) is 18.9. The van der Waals surface area contributed by atoms with Gasteiger partial charge < -0.3 is 5.32 Å². The number of hydrogen-bond acceptors (Lipinski definition) is 5. The van der Waals surface area contributed by atoms with Crippen LogP contribution < -0.4 is 5.32 Å². The summed E-state index contributed by atoms with van der Waals surface area (Å²) < 4.78 is 23.6. The Kier molecular flexibility index (Phi) is 4.95. The smallest absolute Gasteiger partial charge is 0.244 e. The molecule has 26 heavy (non-hydrogen) atoms. The van der Waals surface area contributed by atoms with Crippen molar-refractivity contribution in [3.63, 3.8) is 0 Å². The van der Waals surface area contributed by atoms with Crippen LogP contribution in [0.15, 0.2) is 41.3 Å². The molecule has 1 fully saturated rings. The number of nitrogens with zero attached hydrogens (tertiary/aromatic N) is 1. The lowest BCUT2D eigenvalue weighted by atomic mass is 9.85. The van der Waals surface area contributed by atoms with Gasteiger partial charge in [0.05, 0.1) is 22.5 Å². The van der Waals surface area contributed by atoms with E-state index in [0.29, 0.717) is 18.5 Å². The van der Waals surface area contributed by atoms with Gasteiger partial charge in [-0.25, -0.2) is 8.42 Å². The van der Waals surface area contributed by atoms with Crippen LogP contribution in [0, 0.1) is 11.8 Å². The molecule has 1 N–H and O–H groups in total. The van der Waals surface area contributed by atoms with Gasteiger partial charge in [-0.3, -0.25) is 19.3 Å². The number of nitrogens with one attached hydrogen (secondary N) is 1. The van der Waals surface area contributed by atoms with Gasteiger partial charge in [0.2, 0.25) is 17.7 Å². The van der Waals surface area contributed by atoms with Crippen molar-refractivity contribution in [1.29, 1.82) is 0 Å². The molecular weight excluding hydrogens is 356 g/mol. The molecule has 1 aromatic carbocycles. The minimum atomic E-state index is -3.31. The highest BCUT2D eigenvalue weighted by Gasteiger charge is 2.47. The summed E-state index contributed by atoms with van der Waals surface area (Å²) in [6, 6.07) is 5.80. The molecule has 0 spiro atoms. The van der Waals surface area contributed by atoms with Crippen LogP contribution >= 0.6 is 0 Å². The first-order chi connectivity index (χ1) is 12.3. The van der Waals surface area contributed by atoms with Gasteiger partial charge in [-0.05, 0) is 37.1 Å². The van der Waals surface area contributed by atoms with Crippen molar-refractivity contribution in [2.45, 2.75) is 24.7 Å². The number of benzene rings is 1. The lowest BCUT2D eigenvalue weighted by molar-refractivity contribution is -0.142. The third-order valence-electron chi connectivity index (χ3n) is 4.78. The number of hydrogen-bond donors (Lipinski definition) is 1. The third kappa shape index (κ3) is 3.41. The number of sulfone groups is 1. The summed E-state index contributed by atoms with van der Waals surface area (Å²) >= 11 is 0. The van der Waals surface area contributed by atoms with Gasteiger partial charge >= 0.3 is 0 Å². The van der Waals surface area contributed by atoms with Crippen molar-refractivity contribution >= 4 is 33.2 Å². The SMILES string of the molecule is CCS(=O)(=O)c1ccc(NC(=O)CN2C(=O)[C@H]3CC=CC[C@H]3C2=O)cc1. The van der Waals surface area contributed by atoms with Gasteiger partial charge in [-0.15, -0.1) is 0 Å². The van der Waals surface area contributed by atoms with Crippen molar-refractivity contribution in [1.82, 2.24) is 4.90 Å². The number of likely N-dealkylation sites (tertiary alicyclic amines) is 1. The zero-order valence-corrected chi connectivity index (χ0v) is 15.2. The Morgan fingerprint density at radius 2 is 1.62 bits per heavy atom. The fourth-order valence-electron chi connectivity index (χ4n) is 3.28. The largest absolute Gasteiger partial charge is 0.325 e. The fourth-order valence-corrected chi connectivity index (χ4v) is 4.17. The number of anilines is 1. The molecule has 0 unspecified atom stereocenters. The van der Waals surface area contributed by atoms with E-state index in [1.54, 1.807) is 6.92 Å². The van der Waals surface area contributed by atoms with Gasteiger partial charge in [0.1, 0.15) is 6.54 Å². The van der Waals surface area contributed by atoms with Crippen LogP contribution in [-0.2, 0) is 24.2 Å². The van der Waals surface area contributed by atoms with Crippen molar-refractivity contribution in [3.8, 4) is 0 Å². The molecule has 1 heterocycles. The van der Waals surface area contributed by atoms with Crippen LogP contribution in [0.4, 0.5) is 5.69 Å². The number of amides is 3. The summed E-state index contributed by atoms with van der Waals surface area (Å²) in [5, 5.41) is 2.59. The highest BCUT2D eigenvalue weighted by Crippen LogP contribution is 2.34. The number of rotatable bonds is 5. The maximum absolute atomic E-state index is 12.4. The van der Waals surface area contributed by atoms with Crippen LogP contribution in [0.5, 0.6) is 0 Å². The van der Waals surface area contributed by atoms with Crippen LogP contribution in [0.2, 0.25) is 0 Å². The molecule has 8 heteroatoms. The second kappa shape index (κ2) is 7.03. The van der Waals surface area contributed by atoms with E-state index >= 15 is 0 Å². The Bertz CT molecular complexity index is 847. The molecule has 1 aromatic rings. The second-order valence-electron chi connectivity index (χ2n) is 6.39. The average Bonchev–Trinajstić information content (AvgIpc) is 2.87. The summed E-state index contributed by atoms with van der Waals surface area (Å²) in [4.78, 5) is 38.1. The molecular formula is C18H20N2O5S. The molecule has 1 aliphatic carbocycles. The average molecular weight is 376 g/mol. The van der Waals surface area contributed by atoms with E-state index in [2.05, 4.69) is 5.32 Å². The number of allylic oxidation sites excluding steroid dienone is 2. The Hall–Kier alpha value is -2.48. The quantitative estimate of drug-likeness (QED) is 0.618. The number of fused-ring (bicyclic) bond motifs is 1. The normalized spacial score (nSPS) is 22.4. The predicted octanol–water partition coefficient (Wildman–Crippen LogP) is 1.37. The van der Waals surface area contributed by atoms with Crippen molar-refractivity contribution in [2.75, 3.05) is 17.6 Å². The van der Waals surface area contributed by atoms with Crippen LogP contribution in [0.1, 0.15) is 19.8 Å². The standard InChI is InChI=1S/C18H20N2O5S/c1-2-26(24,25)13-9-7-12(8-10-13)19-16(21)11-20-17(22)14-5-3-4-6-15(14)18(20)23/h3-4,7-10,14-15H,2,5-6,11H2,1H3,(H,19,21)/t14-,15+. The van der Waals surface area contributed by atoms with Gasteiger partial charge in [0.15, 0.2) is 9.84 Å². The first-order valence-electron chi connectivity index (χ1n) is 8.46. The van der Waals surface area contributed by atoms with Gasteiger partial charge in [-0.2, -0.15) is 0 Å². The van der Waals surface area contributed by atoms with Crippen molar-refractivity contribution in [3.05, 3.63) is 36.4 Å². The Balaban J connectivity index is 1.64. The molecule has 1 saturated heterocycles. The van der Waals surface area contributed by atoms with Crippen molar-refractivity contribution in [2.24, 2.45) is 11.8 Å². The molecule has 0 aromatic heterocycles. The molecule has 2 aliphatic rings. The topological polar surface area (TPSA) is 101 Å². The van der Waals surface area contributed by atoms with Crippen LogP contribution in [0.25, 0.3) is 0 Å². The number of imide groups is 1. The summed E-state index contributed by atoms with van der Waals surface area (Å²) in [6.45, 7) is 1.22. The molecule has 1 aliphatic heterocycles. The Morgan fingerprint density at radius 3 is 2.12 bits per heavy atom. The van der Waals surface area contributed by atoms with Gasteiger partial charge in [-0.1, -0.05) is 19.1 Å². The van der Waals surface area contributed by atoms with E-state index in [-0.39, 0.29) is 40.8 Å². The van der Waals surface area contributed by atoms with E-state index in [0.717, 1.165) is 4.90 Å². The van der Waals surface area contributed by atoms with Crippen LogP contribution in [0.3, 0.4) is 0 Å². The van der Waals surface area contributed by atoms with E-state index in [1.165, 1.54) is 24.3 Å². The maximum Gasteiger partial charge on any atom is 0.244 e. The zero-order valence-electron chi connectivity index (χ0n) is 14.3. The Morgan fingerprint density at radius 1 is 1.08 bits per heavy atom. The maximum atomic E-state index is 12.4. The molecule has 7 nitrogen and oxygen atoms in total. The molecule has 3 amide bonds. The minimum absolute atomic E-state index is 0.00488. The monoisotopic (exact) mass is 376 g/mol. The fraction of sp³-hybridized carbons (Fsp3) is 0.389. The van der Waals surface area contributed by atoms with E-state index in [9.17, 15) is 22.8 Å². The first kappa shape index (κ1) is 18.3. The molecule has 0 saturated carbocycles. The van der Waals surface area contributed by atoms with Crippen molar-refractivity contribution < 1.29 is 22.8 Å². The lowest BCUT2D eigenvalue weighted by Crippen LogP contribution is -2.38. The Labute approximate surface area is 152 Å². The summed E-state index contributed by atoms with van der Waals surface area (Å²) in [6.07, 6.45) is 4.84. The summed E-state index contributed by atoms with van der Waals surface area (Å²) in [7, 11) is -3.31. The van der Waals surface area contributed by atoms with Crippen LogP contribution in [-0.4, -0.2) is 43.3 Å². The molecule has 2 atom stereocenters. The second-order valence-corrected chi connectivity index (χ2v) is 8.67. The third-order valence-corrected chi connectivity index (χ3v) is 6.53. The lowest BCUT2D eigenvalue weighted by Gasteiger charge is -2.14. The number of carbonyl (C=O) groups is 3. The van der Waals surface area contributed by atoms with Gasteiger partial charge in [0, 0.05) is 5.69 Å². The highest BCUT2D eigenvalue weighted by molar-refractivity contribution is 7.91. The molecule has 3 rings (SSSR count). The van der Waals surface area contributed by atoms with E-state index in [4.69, 9.17) is 0 Å². The predicted molar refractivity (Wildman–Crippen MR) is 94.9 cm³/mol. The highest BCUT2D eigenvalue weighted by atomic mass is 32.2. The minimum Gasteiger partial charge on any atom is -0.325 e. The first-order valence-corrected chi connectivity index (χ1v) is 10.1. The molecule has 138 valence electrons. The van der Waals surface area contributed by atoms with E-state index < -0.39 is 15.7 Å². The summed E-state index contributed by atoms with van der Waals surface area (Å²) in [5.41, 5.74) is 0.406. The summed E-state index contributed by atoms with van der Waals surface area (Å²) in [5.74, 6) is -1.83. The molecule has 0 radical (unpaired) electrons. The molecule has 0 bridgehead atoms. The van der Waals surface area contributed by atoms with Gasteiger partial charge in [0.25, 0.3) is 0 Å².